The molecule has 10 heteroatoms. The Balaban J connectivity index is 1.61. The van der Waals surface area contributed by atoms with Gasteiger partial charge in [0.1, 0.15) is 22.9 Å². The van der Waals surface area contributed by atoms with Gasteiger partial charge in [-0.2, -0.15) is 0 Å². The van der Waals surface area contributed by atoms with Crippen LogP contribution >= 0.6 is 27.5 Å². The number of ether oxygens (including phenoxy) is 2. The number of nitrogens with zero attached hydrogens (tertiary/aromatic N) is 3. The van der Waals surface area contributed by atoms with Crippen molar-refractivity contribution >= 4 is 45.3 Å². The number of rotatable bonds is 4. The first-order valence-electron chi connectivity index (χ1n) is 12.8. The molecule has 1 atom stereocenters. The molecular formula is C30H32BrClFN3O4. The third-order valence-corrected chi connectivity index (χ3v) is 7.03. The third kappa shape index (κ3) is 7.26. The van der Waals surface area contributed by atoms with E-state index in [-0.39, 0.29) is 25.7 Å². The first-order valence-corrected chi connectivity index (χ1v) is 14.0. The molecule has 0 fully saturated rings. The number of hydrogen-bond acceptors (Lipinski definition) is 4. The van der Waals surface area contributed by atoms with Gasteiger partial charge >= 0.3 is 12.1 Å². The maximum atomic E-state index is 14.4. The van der Waals surface area contributed by atoms with Crippen LogP contribution in [0.2, 0.25) is 5.02 Å². The maximum absolute atomic E-state index is 14.4. The summed E-state index contributed by atoms with van der Waals surface area (Å²) in [6.45, 7) is 7.80. The van der Waals surface area contributed by atoms with Crippen LogP contribution in [0.15, 0.2) is 65.1 Å². The molecule has 40 heavy (non-hydrogen) atoms. The van der Waals surface area contributed by atoms with E-state index in [9.17, 15) is 14.0 Å². The van der Waals surface area contributed by atoms with Crippen LogP contribution < -0.4 is 9.64 Å². The first kappa shape index (κ1) is 29.7. The van der Waals surface area contributed by atoms with Gasteiger partial charge in [-0.1, -0.05) is 45.7 Å². The van der Waals surface area contributed by atoms with Gasteiger partial charge in [0.05, 0.1) is 24.8 Å². The number of carbonyl (C=O) groups excluding carboxylic acids is 2. The molecule has 4 rings (SSSR count). The smallest absolute Gasteiger partial charge is 0.410 e. The van der Waals surface area contributed by atoms with Crippen LogP contribution in [0.3, 0.4) is 0 Å². The average Bonchev–Trinajstić information content (AvgIpc) is 3.00. The summed E-state index contributed by atoms with van der Waals surface area (Å²) in [7, 11) is 1.67. The Labute approximate surface area is 247 Å². The number of anilines is 1. The molecule has 1 aliphatic heterocycles. The van der Waals surface area contributed by atoms with Crippen LogP contribution in [-0.4, -0.2) is 47.2 Å². The van der Waals surface area contributed by atoms with Crippen molar-refractivity contribution in [2.24, 2.45) is 0 Å². The van der Waals surface area contributed by atoms with Crippen molar-refractivity contribution in [3.8, 4) is 11.5 Å². The fourth-order valence-electron chi connectivity index (χ4n) is 4.41. The van der Waals surface area contributed by atoms with E-state index in [0.29, 0.717) is 27.8 Å². The van der Waals surface area contributed by atoms with Crippen molar-refractivity contribution in [1.29, 1.82) is 0 Å². The summed E-state index contributed by atoms with van der Waals surface area (Å²) in [4.78, 5) is 31.5. The van der Waals surface area contributed by atoms with E-state index in [1.807, 2.05) is 25.1 Å². The quantitative estimate of drug-likeness (QED) is 0.291. The molecule has 7 nitrogen and oxygen atoms in total. The molecule has 0 radical (unpaired) electrons. The highest BCUT2D eigenvalue weighted by Gasteiger charge is 2.34. The minimum Gasteiger partial charge on any atom is -0.457 e. The molecule has 3 aromatic carbocycles. The van der Waals surface area contributed by atoms with Gasteiger partial charge in [-0.25, -0.2) is 14.0 Å². The lowest BCUT2D eigenvalue weighted by Crippen LogP contribution is -2.48. The monoisotopic (exact) mass is 631 g/mol. The lowest BCUT2D eigenvalue weighted by Gasteiger charge is -2.32. The Morgan fingerprint density at radius 2 is 1.88 bits per heavy atom. The summed E-state index contributed by atoms with van der Waals surface area (Å²) in [5.41, 5.74) is 1.14. The molecule has 3 amide bonds. The molecule has 0 bridgehead atoms. The summed E-state index contributed by atoms with van der Waals surface area (Å²) in [5.74, 6) is 0.652. The predicted octanol–water partition coefficient (Wildman–Crippen LogP) is 8.23. The molecule has 0 spiro atoms. The number of amides is 3. The van der Waals surface area contributed by atoms with Crippen molar-refractivity contribution in [1.82, 2.24) is 9.80 Å². The van der Waals surface area contributed by atoms with Crippen LogP contribution in [0.5, 0.6) is 11.5 Å². The second-order valence-electron chi connectivity index (χ2n) is 10.8. The summed E-state index contributed by atoms with van der Waals surface area (Å²) in [6, 6.07) is 16.2. The van der Waals surface area contributed by atoms with Crippen molar-refractivity contribution in [2.45, 2.75) is 52.4 Å². The number of benzene rings is 3. The number of urea groups is 1. The van der Waals surface area contributed by atoms with Crippen LogP contribution in [0.25, 0.3) is 0 Å². The standard InChI is InChI=1S/C30H32BrClFN3O4/c1-19-16-36(26-15-24(33)12-10-20(26)18-35(19)29(38)40-30(2,3)4)28(37)34(5)17-21-9-11-22(31)13-27(21)39-25-8-6-7-23(32)14-25/h6-15,19H,16-18H2,1-5H3. The highest BCUT2D eigenvalue weighted by atomic mass is 79.9. The fraction of sp³-hybridized carbons (Fsp3) is 0.333. The molecule has 0 saturated carbocycles. The van der Waals surface area contributed by atoms with Gasteiger partial charge in [-0.3, -0.25) is 9.80 Å². The van der Waals surface area contributed by atoms with E-state index in [1.165, 1.54) is 17.0 Å². The third-order valence-electron chi connectivity index (χ3n) is 6.30. The number of halogens is 3. The predicted molar refractivity (Wildman–Crippen MR) is 158 cm³/mol. The van der Waals surface area contributed by atoms with Gasteiger partial charge in [-0.15, -0.1) is 0 Å². The van der Waals surface area contributed by atoms with Gasteiger partial charge in [-0.05, 0) is 75.7 Å². The number of hydrogen-bond donors (Lipinski definition) is 0. The lowest BCUT2D eigenvalue weighted by atomic mass is 10.1. The van der Waals surface area contributed by atoms with E-state index < -0.39 is 23.6 Å². The summed E-state index contributed by atoms with van der Waals surface area (Å²) in [6.07, 6.45) is -0.490. The molecule has 1 heterocycles. The van der Waals surface area contributed by atoms with Crippen LogP contribution in [0.4, 0.5) is 19.7 Å². The number of fused-ring (bicyclic) bond motifs is 1. The highest BCUT2D eigenvalue weighted by molar-refractivity contribution is 9.10. The second kappa shape index (κ2) is 12.1. The maximum Gasteiger partial charge on any atom is 0.410 e. The fourth-order valence-corrected chi connectivity index (χ4v) is 4.93. The second-order valence-corrected chi connectivity index (χ2v) is 12.1. The first-order chi connectivity index (χ1) is 18.8. The van der Waals surface area contributed by atoms with Crippen LogP contribution in [0, 0.1) is 5.82 Å². The topological polar surface area (TPSA) is 62.3 Å². The Bertz CT molecular complexity index is 1410. The van der Waals surface area contributed by atoms with Crippen molar-refractivity contribution < 1.29 is 23.5 Å². The molecule has 1 unspecified atom stereocenters. The summed E-state index contributed by atoms with van der Waals surface area (Å²) in [5, 5.41) is 0.544. The summed E-state index contributed by atoms with van der Waals surface area (Å²) >= 11 is 9.61. The van der Waals surface area contributed by atoms with E-state index in [4.69, 9.17) is 21.1 Å². The van der Waals surface area contributed by atoms with Crippen LogP contribution in [-0.2, 0) is 17.8 Å². The Hall–Kier alpha value is -3.30. The van der Waals surface area contributed by atoms with E-state index in [2.05, 4.69) is 15.9 Å². The molecule has 1 aliphatic rings. The molecule has 0 saturated heterocycles. The largest absolute Gasteiger partial charge is 0.457 e. The molecule has 0 N–H and O–H groups in total. The van der Waals surface area contributed by atoms with Gasteiger partial charge in [0.25, 0.3) is 0 Å². The Kier molecular flexibility index (Phi) is 8.95. The molecule has 3 aromatic rings. The lowest BCUT2D eigenvalue weighted by molar-refractivity contribution is 0.0168. The Morgan fingerprint density at radius 1 is 1.12 bits per heavy atom. The van der Waals surface area contributed by atoms with Crippen molar-refractivity contribution in [3.63, 3.8) is 0 Å². The molecular weight excluding hydrogens is 601 g/mol. The highest BCUT2D eigenvalue weighted by Crippen LogP contribution is 2.33. The van der Waals surface area contributed by atoms with Gasteiger partial charge in [0, 0.05) is 28.7 Å². The zero-order chi connectivity index (χ0) is 29.2. The van der Waals surface area contributed by atoms with E-state index in [0.717, 1.165) is 10.0 Å². The Morgan fingerprint density at radius 3 is 2.58 bits per heavy atom. The van der Waals surface area contributed by atoms with Gasteiger partial charge in [0.2, 0.25) is 0 Å². The normalized spacial score (nSPS) is 15.2. The van der Waals surface area contributed by atoms with Gasteiger partial charge in [0.15, 0.2) is 0 Å². The van der Waals surface area contributed by atoms with Crippen molar-refractivity contribution in [3.05, 3.63) is 87.1 Å². The zero-order valence-electron chi connectivity index (χ0n) is 23.1. The summed E-state index contributed by atoms with van der Waals surface area (Å²) < 4.78 is 27.0. The van der Waals surface area contributed by atoms with E-state index >= 15 is 0 Å². The minimum atomic E-state index is -0.681. The SMILES string of the molecule is CC1CN(C(=O)N(C)Cc2ccc(Br)cc2Oc2cccc(Cl)c2)c2cc(F)ccc2CN1C(=O)OC(C)(C)C. The average molecular weight is 633 g/mol. The van der Waals surface area contributed by atoms with Gasteiger partial charge < -0.3 is 14.4 Å². The minimum absolute atomic E-state index is 0.158. The molecule has 212 valence electrons. The zero-order valence-corrected chi connectivity index (χ0v) is 25.4. The molecule has 0 aromatic heterocycles. The van der Waals surface area contributed by atoms with Crippen LogP contribution in [0.1, 0.15) is 38.8 Å². The number of carbonyl (C=O) groups is 2. The van der Waals surface area contributed by atoms with E-state index in [1.54, 1.807) is 68.0 Å². The molecule has 0 aliphatic carbocycles. The van der Waals surface area contributed by atoms with Crippen molar-refractivity contribution in [2.75, 3.05) is 18.5 Å².